The predicted molar refractivity (Wildman–Crippen MR) is 88.3 cm³/mol. The number of nitrogens with one attached hydrogen (secondary N) is 1. The van der Waals surface area contributed by atoms with E-state index >= 15 is 0 Å². The van der Waals surface area contributed by atoms with Gasteiger partial charge >= 0.3 is 0 Å². The molecule has 2 N–H and O–H groups in total. The molecular formula is C18H26N2O3. The molecule has 1 amide bonds. The molecule has 126 valence electrons. The number of carbonyl (C=O) groups is 1. The first-order chi connectivity index (χ1) is 11.1. The van der Waals surface area contributed by atoms with Crippen LogP contribution < -0.4 is 5.32 Å². The second-order valence-electron chi connectivity index (χ2n) is 6.70. The lowest BCUT2D eigenvalue weighted by atomic mass is 9.94. The maximum atomic E-state index is 12.4. The van der Waals surface area contributed by atoms with Crippen molar-refractivity contribution in [1.29, 1.82) is 0 Å². The Hall–Kier alpha value is -1.43. The highest BCUT2D eigenvalue weighted by Crippen LogP contribution is 2.19. The molecule has 0 radical (unpaired) electrons. The molecule has 23 heavy (non-hydrogen) atoms. The lowest BCUT2D eigenvalue weighted by molar-refractivity contribution is -0.0605. The van der Waals surface area contributed by atoms with Crippen molar-refractivity contribution in [3.63, 3.8) is 0 Å². The smallest absolute Gasteiger partial charge is 0.251 e. The Morgan fingerprint density at radius 1 is 1.26 bits per heavy atom. The standard InChI is InChI=1S/C18H26N2O3/c21-17(19-14-18(22)6-10-23-11-7-18)16-5-3-4-15(12-16)13-20-8-1-2-9-20/h3-5,12,22H,1-2,6-11,13-14H2,(H,19,21). The molecule has 0 unspecified atom stereocenters. The van der Waals surface area contributed by atoms with Gasteiger partial charge in [0.05, 0.1) is 5.60 Å². The molecule has 1 aromatic carbocycles. The van der Waals surface area contributed by atoms with Crippen LogP contribution in [0.15, 0.2) is 24.3 Å². The first-order valence-electron chi connectivity index (χ1n) is 8.54. The van der Waals surface area contributed by atoms with Gasteiger partial charge in [-0.2, -0.15) is 0 Å². The van der Waals surface area contributed by atoms with E-state index in [0.717, 1.165) is 19.6 Å². The highest BCUT2D eigenvalue weighted by molar-refractivity contribution is 5.94. The molecule has 0 aromatic heterocycles. The summed E-state index contributed by atoms with van der Waals surface area (Å²) in [6.45, 7) is 4.58. The van der Waals surface area contributed by atoms with E-state index in [1.54, 1.807) is 0 Å². The van der Waals surface area contributed by atoms with Gasteiger partial charge in [-0.1, -0.05) is 12.1 Å². The summed E-state index contributed by atoms with van der Waals surface area (Å²) in [6, 6.07) is 7.79. The fourth-order valence-electron chi connectivity index (χ4n) is 3.28. The van der Waals surface area contributed by atoms with E-state index in [4.69, 9.17) is 4.74 Å². The monoisotopic (exact) mass is 318 g/mol. The molecule has 3 rings (SSSR count). The number of nitrogens with zero attached hydrogens (tertiary/aromatic N) is 1. The summed E-state index contributed by atoms with van der Waals surface area (Å²) < 4.78 is 5.26. The normalized spacial score (nSPS) is 21.3. The van der Waals surface area contributed by atoms with Crippen LogP contribution in [0.4, 0.5) is 0 Å². The molecule has 2 fully saturated rings. The number of hydrogen-bond donors (Lipinski definition) is 2. The third-order valence-corrected chi connectivity index (χ3v) is 4.80. The number of rotatable bonds is 5. The Morgan fingerprint density at radius 3 is 2.74 bits per heavy atom. The summed E-state index contributed by atoms with van der Waals surface area (Å²) in [6.07, 6.45) is 3.68. The van der Waals surface area contributed by atoms with E-state index in [0.29, 0.717) is 31.6 Å². The molecule has 0 aliphatic carbocycles. The van der Waals surface area contributed by atoms with Crippen LogP contribution >= 0.6 is 0 Å². The van der Waals surface area contributed by atoms with Gasteiger partial charge in [0.15, 0.2) is 0 Å². The van der Waals surface area contributed by atoms with E-state index in [2.05, 4.69) is 16.3 Å². The Balaban J connectivity index is 1.56. The Bertz CT molecular complexity index is 535. The number of aliphatic hydroxyl groups is 1. The minimum atomic E-state index is -0.832. The predicted octanol–water partition coefficient (Wildman–Crippen LogP) is 1.55. The zero-order chi connectivity index (χ0) is 16.1. The summed E-state index contributed by atoms with van der Waals surface area (Å²) in [5, 5.41) is 13.3. The molecule has 0 atom stereocenters. The quantitative estimate of drug-likeness (QED) is 0.865. The Morgan fingerprint density at radius 2 is 2.00 bits per heavy atom. The fraction of sp³-hybridized carbons (Fsp3) is 0.611. The largest absolute Gasteiger partial charge is 0.388 e. The highest BCUT2D eigenvalue weighted by atomic mass is 16.5. The van der Waals surface area contributed by atoms with Gasteiger partial charge < -0.3 is 15.2 Å². The van der Waals surface area contributed by atoms with Crippen LogP contribution in [0.5, 0.6) is 0 Å². The maximum absolute atomic E-state index is 12.4. The number of ether oxygens (including phenoxy) is 1. The van der Waals surface area contributed by atoms with Crippen LogP contribution in [-0.2, 0) is 11.3 Å². The Labute approximate surface area is 137 Å². The van der Waals surface area contributed by atoms with Gasteiger partial charge in [-0.25, -0.2) is 0 Å². The van der Waals surface area contributed by atoms with Gasteiger partial charge in [0.1, 0.15) is 0 Å². The lowest BCUT2D eigenvalue weighted by Crippen LogP contribution is -2.46. The molecule has 5 nitrogen and oxygen atoms in total. The van der Waals surface area contributed by atoms with Crippen molar-refractivity contribution in [2.45, 2.75) is 37.8 Å². The lowest BCUT2D eigenvalue weighted by Gasteiger charge is -2.32. The van der Waals surface area contributed by atoms with E-state index in [-0.39, 0.29) is 12.5 Å². The average Bonchev–Trinajstić information content (AvgIpc) is 3.07. The second kappa shape index (κ2) is 7.43. The van der Waals surface area contributed by atoms with Crippen molar-refractivity contribution >= 4 is 5.91 Å². The third kappa shape index (κ3) is 4.53. The van der Waals surface area contributed by atoms with Crippen molar-refractivity contribution in [3.05, 3.63) is 35.4 Å². The molecule has 2 aliphatic heterocycles. The summed E-state index contributed by atoms with van der Waals surface area (Å²) >= 11 is 0. The van der Waals surface area contributed by atoms with Crippen LogP contribution in [0.3, 0.4) is 0 Å². The SMILES string of the molecule is O=C(NCC1(O)CCOCC1)c1cccc(CN2CCCC2)c1. The molecular weight excluding hydrogens is 292 g/mol. The average molecular weight is 318 g/mol. The molecule has 0 spiro atoms. The van der Waals surface area contributed by atoms with Crippen LogP contribution in [0.1, 0.15) is 41.6 Å². The number of hydrogen-bond acceptors (Lipinski definition) is 4. The molecule has 1 aromatic rings. The van der Waals surface area contributed by atoms with E-state index in [1.807, 2.05) is 18.2 Å². The summed E-state index contributed by atoms with van der Waals surface area (Å²) in [7, 11) is 0. The molecule has 2 saturated heterocycles. The van der Waals surface area contributed by atoms with Gasteiger partial charge in [-0.15, -0.1) is 0 Å². The third-order valence-electron chi connectivity index (χ3n) is 4.80. The van der Waals surface area contributed by atoms with Gasteiger partial charge in [0.25, 0.3) is 5.91 Å². The van der Waals surface area contributed by atoms with Gasteiger partial charge in [-0.05, 0) is 43.6 Å². The van der Waals surface area contributed by atoms with Gasteiger partial charge in [0.2, 0.25) is 0 Å². The fourth-order valence-corrected chi connectivity index (χ4v) is 3.28. The number of benzene rings is 1. The van der Waals surface area contributed by atoms with Crippen molar-refractivity contribution in [3.8, 4) is 0 Å². The van der Waals surface area contributed by atoms with Gasteiger partial charge in [0, 0.05) is 44.7 Å². The van der Waals surface area contributed by atoms with Crippen molar-refractivity contribution in [2.24, 2.45) is 0 Å². The maximum Gasteiger partial charge on any atom is 0.251 e. The zero-order valence-corrected chi connectivity index (χ0v) is 13.6. The second-order valence-corrected chi connectivity index (χ2v) is 6.70. The molecule has 2 aliphatic rings. The van der Waals surface area contributed by atoms with E-state index < -0.39 is 5.60 Å². The summed E-state index contributed by atoms with van der Waals surface area (Å²) in [4.78, 5) is 14.8. The van der Waals surface area contributed by atoms with Crippen molar-refractivity contribution in [2.75, 3.05) is 32.8 Å². The Kier molecular flexibility index (Phi) is 5.30. The minimum absolute atomic E-state index is 0.117. The van der Waals surface area contributed by atoms with E-state index in [9.17, 15) is 9.90 Å². The first kappa shape index (κ1) is 16.4. The minimum Gasteiger partial charge on any atom is -0.388 e. The first-order valence-corrected chi connectivity index (χ1v) is 8.54. The molecule has 0 saturated carbocycles. The molecule has 0 bridgehead atoms. The van der Waals surface area contributed by atoms with Crippen molar-refractivity contribution < 1.29 is 14.6 Å². The molecule has 2 heterocycles. The summed E-state index contributed by atoms with van der Waals surface area (Å²) in [5.41, 5.74) is 1.00. The zero-order valence-electron chi connectivity index (χ0n) is 13.6. The van der Waals surface area contributed by atoms with E-state index in [1.165, 1.54) is 18.4 Å². The van der Waals surface area contributed by atoms with Gasteiger partial charge in [-0.3, -0.25) is 9.69 Å². The van der Waals surface area contributed by atoms with Crippen LogP contribution in [-0.4, -0.2) is 54.4 Å². The van der Waals surface area contributed by atoms with Crippen molar-refractivity contribution in [1.82, 2.24) is 10.2 Å². The number of carbonyl (C=O) groups excluding carboxylic acids is 1. The van der Waals surface area contributed by atoms with Crippen LogP contribution in [0.25, 0.3) is 0 Å². The highest BCUT2D eigenvalue weighted by Gasteiger charge is 2.30. The molecule has 5 heteroatoms. The van der Waals surface area contributed by atoms with Crippen LogP contribution in [0.2, 0.25) is 0 Å². The number of amides is 1. The van der Waals surface area contributed by atoms with Crippen LogP contribution in [0, 0.1) is 0 Å². The summed E-state index contributed by atoms with van der Waals surface area (Å²) in [5.74, 6) is -0.117. The number of likely N-dealkylation sites (tertiary alicyclic amines) is 1. The topological polar surface area (TPSA) is 61.8 Å².